The van der Waals surface area contributed by atoms with Gasteiger partial charge in [0, 0.05) is 23.5 Å². The number of benzene rings is 1. The van der Waals surface area contributed by atoms with E-state index in [0.717, 1.165) is 11.8 Å². The summed E-state index contributed by atoms with van der Waals surface area (Å²) in [5, 5.41) is 9.81. The van der Waals surface area contributed by atoms with E-state index in [1.807, 2.05) is 5.48 Å². The van der Waals surface area contributed by atoms with Crippen molar-refractivity contribution >= 4 is 33.6 Å². The van der Waals surface area contributed by atoms with Crippen LogP contribution in [0.15, 0.2) is 48.8 Å². The molecule has 0 radical (unpaired) electrons. The Hall–Kier alpha value is -3.24. The average molecular weight is 390 g/mol. The molecule has 0 saturated carbocycles. The van der Waals surface area contributed by atoms with Crippen LogP contribution in [0.5, 0.6) is 5.75 Å². The van der Waals surface area contributed by atoms with Crippen molar-refractivity contribution in [3.63, 3.8) is 0 Å². The second kappa shape index (κ2) is 8.92. The van der Waals surface area contributed by atoms with Crippen LogP contribution in [0.3, 0.4) is 0 Å². The average Bonchev–Trinajstić information content (AvgIpc) is 2.65. The van der Waals surface area contributed by atoms with Gasteiger partial charge in [-0.15, -0.1) is 4.28 Å². The predicted octanol–water partition coefficient (Wildman–Crippen LogP) is 1.16. The van der Waals surface area contributed by atoms with E-state index < -0.39 is 22.0 Å². The zero-order valence-electron chi connectivity index (χ0n) is 14.6. The Morgan fingerprint density at radius 2 is 1.93 bits per heavy atom. The van der Waals surface area contributed by atoms with Gasteiger partial charge in [-0.1, -0.05) is 18.2 Å². The van der Waals surface area contributed by atoms with Crippen molar-refractivity contribution in [2.45, 2.75) is 0 Å². The molecule has 1 aromatic heterocycles. The van der Waals surface area contributed by atoms with E-state index in [1.54, 1.807) is 55.8 Å². The van der Waals surface area contributed by atoms with E-state index in [9.17, 15) is 13.2 Å². The number of aromatic nitrogens is 1. The number of methoxy groups -OCH3 is 1. The number of hydrogen-bond donors (Lipinski definition) is 3. The molecule has 1 heterocycles. The van der Waals surface area contributed by atoms with Gasteiger partial charge in [0.2, 0.25) is 5.96 Å². The maximum atomic E-state index is 12.6. The maximum absolute atomic E-state index is 12.6. The fourth-order valence-electron chi connectivity index (χ4n) is 1.99. The Morgan fingerprint density at radius 3 is 2.48 bits per heavy atom. The highest BCUT2D eigenvalue weighted by molar-refractivity contribution is 7.85. The van der Waals surface area contributed by atoms with Crippen molar-refractivity contribution in [2.75, 3.05) is 13.4 Å². The van der Waals surface area contributed by atoms with Gasteiger partial charge >= 0.3 is 0 Å². The molecule has 0 fully saturated rings. The Morgan fingerprint density at radius 1 is 1.22 bits per heavy atom. The predicted molar refractivity (Wildman–Crippen MR) is 100 cm³/mol. The van der Waals surface area contributed by atoms with Gasteiger partial charge in [0.05, 0.1) is 13.4 Å². The molecule has 2 aromatic rings. The lowest BCUT2D eigenvalue weighted by Crippen LogP contribution is -2.41. The Balaban J connectivity index is 2.25. The number of amides is 1. The molecule has 1 amide bonds. The van der Waals surface area contributed by atoms with Gasteiger partial charge in [-0.2, -0.15) is 8.42 Å². The van der Waals surface area contributed by atoms with Gasteiger partial charge in [-0.25, -0.2) is 5.48 Å². The molecule has 0 spiro atoms. The van der Waals surface area contributed by atoms with E-state index in [4.69, 9.17) is 10.1 Å². The molecule has 0 atom stereocenters. The Kier molecular flexibility index (Phi) is 6.63. The number of hydrogen-bond acceptors (Lipinski definition) is 7. The third-order valence-electron chi connectivity index (χ3n) is 3.18. The molecule has 3 N–H and O–H groups in total. The highest BCUT2D eigenvalue weighted by Gasteiger charge is 2.15. The Labute approximate surface area is 156 Å². The molecule has 0 unspecified atom stereocenters. The molecule has 0 aliphatic carbocycles. The van der Waals surface area contributed by atoms with Crippen LogP contribution < -0.4 is 15.5 Å². The van der Waals surface area contributed by atoms with Crippen molar-refractivity contribution < 1.29 is 22.2 Å². The van der Waals surface area contributed by atoms with E-state index in [0.29, 0.717) is 11.3 Å². The summed E-state index contributed by atoms with van der Waals surface area (Å²) in [4.78, 5) is 16.6. The third-order valence-corrected chi connectivity index (χ3v) is 3.56. The van der Waals surface area contributed by atoms with Crippen LogP contribution in [0.1, 0.15) is 11.1 Å². The highest BCUT2D eigenvalue weighted by atomic mass is 32.2. The van der Waals surface area contributed by atoms with Gasteiger partial charge in [0.1, 0.15) is 5.75 Å². The van der Waals surface area contributed by atoms with Crippen molar-refractivity contribution in [1.29, 1.82) is 5.41 Å². The van der Waals surface area contributed by atoms with Crippen LogP contribution in [0.25, 0.3) is 11.6 Å². The second-order valence-corrected chi connectivity index (χ2v) is 6.87. The molecule has 0 bridgehead atoms. The molecule has 9 nitrogen and oxygen atoms in total. The first-order chi connectivity index (χ1) is 12.8. The zero-order valence-corrected chi connectivity index (χ0v) is 15.4. The summed E-state index contributed by atoms with van der Waals surface area (Å²) in [6, 6.07) is 10.4. The summed E-state index contributed by atoms with van der Waals surface area (Å²) in [7, 11) is -2.27. The lowest BCUT2D eigenvalue weighted by molar-refractivity contribution is -0.114. The summed E-state index contributed by atoms with van der Waals surface area (Å²) in [6.45, 7) is 0. The van der Waals surface area contributed by atoms with Crippen LogP contribution in [0.2, 0.25) is 0 Å². The largest absolute Gasteiger partial charge is 0.497 e. The van der Waals surface area contributed by atoms with E-state index in [2.05, 4.69) is 14.6 Å². The molecule has 0 saturated heterocycles. The number of hydroxylamine groups is 1. The highest BCUT2D eigenvalue weighted by Crippen LogP contribution is 2.19. The summed E-state index contributed by atoms with van der Waals surface area (Å²) < 4.78 is 31.3. The summed E-state index contributed by atoms with van der Waals surface area (Å²) in [6.07, 6.45) is 5.48. The van der Waals surface area contributed by atoms with E-state index in [1.165, 1.54) is 6.20 Å². The molecule has 10 heteroatoms. The molecule has 1 aromatic carbocycles. The molecule has 0 aliphatic rings. The number of pyridine rings is 1. The fraction of sp³-hybridized carbons (Fsp3) is 0.118. The molecule has 27 heavy (non-hydrogen) atoms. The molecule has 2 rings (SSSR count). The number of carbonyl (C=O) groups is 1. The molecule has 0 aliphatic heterocycles. The van der Waals surface area contributed by atoms with Crippen LogP contribution in [0.4, 0.5) is 0 Å². The minimum Gasteiger partial charge on any atom is -0.497 e. The van der Waals surface area contributed by atoms with Gasteiger partial charge in [0.25, 0.3) is 16.0 Å². The SMILES string of the molecule is COc1ccc(/C=C(/C(=O)NC(=N)NOS(C)(=O)=O)c2cccnc2)cc1. The smallest absolute Gasteiger partial charge is 0.285 e. The minimum absolute atomic E-state index is 0.221. The van der Waals surface area contributed by atoms with Crippen molar-refractivity contribution in [3.05, 3.63) is 59.9 Å². The lowest BCUT2D eigenvalue weighted by atomic mass is 10.0. The van der Waals surface area contributed by atoms with Gasteiger partial charge < -0.3 is 4.74 Å². The van der Waals surface area contributed by atoms with Crippen LogP contribution in [-0.4, -0.2) is 38.6 Å². The van der Waals surface area contributed by atoms with Gasteiger partial charge in [-0.3, -0.25) is 20.5 Å². The topological polar surface area (TPSA) is 130 Å². The number of nitrogens with one attached hydrogen (secondary N) is 3. The van der Waals surface area contributed by atoms with Crippen molar-refractivity contribution in [1.82, 2.24) is 15.8 Å². The molecular formula is C17H18N4O5S. The quantitative estimate of drug-likeness (QED) is 0.292. The van der Waals surface area contributed by atoms with Crippen molar-refractivity contribution in [2.24, 2.45) is 0 Å². The zero-order chi connectivity index (χ0) is 19.9. The van der Waals surface area contributed by atoms with E-state index >= 15 is 0 Å². The molecule has 142 valence electrons. The van der Waals surface area contributed by atoms with Crippen LogP contribution in [0, 0.1) is 5.41 Å². The third kappa shape index (κ3) is 6.53. The number of rotatable bonds is 6. The monoisotopic (exact) mass is 390 g/mol. The summed E-state index contributed by atoms with van der Waals surface area (Å²) in [5.74, 6) is -0.605. The minimum atomic E-state index is -3.82. The van der Waals surface area contributed by atoms with Crippen LogP contribution in [-0.2, 0) is 19.2 Å². The summed E-state index contributed by atoms with van der Waals surface area (Å²) >= 11 is 0. The molecular weight excluding hydrogens is 372 g/mol. The number of ether oxygens (including phenoxy) is 1. The normalized spacial score (nSPS) is 11.6. The number of carbonyl (C=O) groups excluding carboxylic acids is 1. The van der Waals surface area contributed by atoms with E-state index in [-0.39, 0.29) is 5.57 Å². The number of nitrogens with zero attached hydrogens (tertiary/aromatic N) is 1. The standard InChI is InChI=1S/C17H18N4O5S/c1-25-14-7-5-12(6-8-14)10-15(13-4-3-9-19-11-13)16(22)20-17(18)21-26-27(2,23)24/h3-11H,1-2H3,(H3,18,20,21,22)/b15-10+. The van der Waals surface area contributed by atoms with Gasteiger partial charge in [0.15, 0.2) is 0 Å². The Bertz CT molecular complexity index is 941. The second-order valence-electron chi connectivity index (χ2n) is 5.29. The first-order valence-corrected chi connectivity index (χ1v) is 9.40. The fourth-order valence-corrected chi connectivity index (χ4v) is 2.23. The maximum Gasteiger partial charge on any atom is 0.285 e. The first kappa shape index (κ1) is 20.1. The summed E-state index contributed by atoms with van der Waals surface area (Å²) in [5.41, 5.74) is 3.30. The number of guanidine groups is 1. The first-order valence-electron chi connectivity index (χ1n) is 7.59. The van der Waals surface area contributed by atoms with Crippen LogP contribution >= 0.6 is 0 Å². The lowest BCUT2D eigenvalue weighted by Gasteiger charge is -2.11. The van der Waals surface area contributed by atoms with Gasteiger partial charge in [-0.05, 0) is 29.8 Å². The van der Waals surface area contributed by atoms with Crippen molar-refractivity contribution in [3.8, 4) is 5.75 Å².